The van der Waals surface area contributed by atoms with Gasteiger partial charge in [0.05, 0.1) is 13.2 Å². The summed E-state index contributed by atoms with van der Waals surface area (Å²) in [7, 11) is 0. The summed E-state index contributed by atoms with van der Waals surface area (Å²) in [5, 5.41) is 15.2. The van der Waals surface area contributed by atoms with Crippen molar-refractivity contribution in [3.63, 3.8) is 0 Å². The zero-order valence-corrected chi connectivity index (χ0v) is 8.87. The minimum atomic E-state index is -0.125. The number of halogens is 1. The molecule has 1 aromatic carbocycles. The van der Waals surface area contributed by atoms with Crippen molar-refractivity contribution in [2.24, 2.45) is 0 Å². The van der Waals surface area contributed by atoms with Gasteiger partial charge in [-0.3, -0.25) is 0 Å². The van der Waals surface area contributed by atoms with E-state index in [4.69, 9.17) is 10.2 Å². The van der Waals surface area contributed by atoms with E-state index >= 15 is 0 Å². The number of hydrogen-bond donors (Lipinski definition) is 2. The second-order valence-corrected chi connectivity index (χ2v) is 3.03. The third-order valence-corrected chi connectivity index (χ3v) is 1.95. The highest BCUT2D eigenvalue weighted by molar-refractivity contribution is 9.10. The van der Waals surface area contributed by atoms with E-state index in [1.165, 1.54) is 0 Å². The summed E-state index contributed by atoms with van der Waals surface area (Å²) in [6.07, 6.45) is 1.82. The first-order chi connectivity index (χ1) is 6.26. The molecule has 2 N–H and O–H groups in total. The van der Waals surface area contributed by atoms with Crippen LogP contribution in [-0.4, -0.2) is 23.4 Å². The Morgan fingerprint density at radius 2 is 1.77 bits per heavy atom. The SMILES string of the molecule is C=Cc1ccccc1Br.OCCO. The van der Waals surface area contributed by atoms with E-state index in [9.17, 15) is 0 Å². The Morgan fingerprint density at radius 1 is 1.23 bits per heavy atom. The van der Waals surface area contributed by atoms with Crippen LogP contribution >= 0.6 is 15.9 Å². The molecule has 13 heavy (non-hydrogen) atoms. The van der Waals surface area contributed by atoms with Crippen molar-refractivity contribution in [1.82, 2.24) is 0 Å². The molecule has 0 atom stereocenters. The van der Waals surface area contributed by atoms with Crippen LogP contribution in [0.3, 0.4) is 0 Å². The molecule has 0 radical (unpaired) electrons. The normalized spacial score (nSPS) is 8.54. The van der Waals surface area contributed by atoms with Gasteiger partial charge < -0.3 is 10.2 Å². The Labute approximate surface area is 86.7 Å². The number of aliphatic hydroxyl groups is 2. The number of benzene rings is 1. The van der Waals surface area contributed by atoms with Gasteiger partial charge in [0, 0.05) is 4.47 Å². The van der Waals surface area contributed by atoms with Crippen molar-refractivity contribution in [2.75, 3.05) is 13.2 Å². The smallest absolute Gasteiger partial charge is 0.0662 e. The second-order valence-electron chi connectivity index (χ2n) is 2.17. The van der Waals surface area contributed by atoms with Gasteiger partial charge in [-0.1, -0.05) is 46.8 Å². The molecule has 0 aliphatic heterocycles. The average molecular weight is 245 g/mol. The molecule has 0 unspecified atom stereocenters. The summed E-state index contributed by atoms with van der Waals surface area (Å²) in [6.45, 7) is 3.41. The van der Waals surface area contributed by atoms with E-state index in [0.717, 1.165) is 10.0 Å². The van der Waals surface area contributed by atoms with Crippen LogP contribution in [0, 0.1) is 0 Å². The average Bonchev–Trinajstić information content (AvgIpc) is 2.19. The molecular formula is C10H13BrO2. The fraction of sp³-hybridized carbons (Fsp3) is 0.200. The largest absolute Gasteiger partial charge is 0.394 e. The summed E-state index contributed by atoms with van der Waals surface area (Å²) in [5.41, 5.74) is 1.14. The van der Waals surface area contributed by atoms with Gasteiger partial charge in [0.1, 0.15) is 0 Å². The maximum Gasteiger partial charge on any atom is 0.0662 e. The predicted molar refractivity (Wildman–Crippen MR) is 58.4 cm³/mol. The van der Waals surface area contributed by atoms with Crippen LogP contribution in [-0.2, 0) is 0 Å². The molecule has 72 valence electrons. The van der Waals surface area contributed by atoms with Crippen LogP contribution in [0.1, 0.15) is 5.56 Å². The Hall–Kier alpha value is -0.640. The number of rotatable bonds is 2. The zero-order chi connectivity index (χ0) is 10.1. The van der Waals surface area contributed by atoms with Crippen LogP contribution < -0.4 is 0 Å². The highest BCUT2D eigenvalue weighted by atomic mass is 79.9. The minimum Gasteiger partial charge on any atom is -0.394 e. The van der Waals surface area contributed by atoms with Crippen LogP contribution in [0.2, 0.25) is 0 Å². The Kier molecular flexibility index (Phi) is 7.59. The summed E-state index contributed by atoms with van der Waals surface area (Å²) >= 11 is 3.39. The molecule has 0 saturated carbocycles. The van der Waals surface area contributed by atoms with Crippen molar-refractivity contribution in [3.8, 4) is 0 Å². The van der Waals surface area contributed by atoms with Gasteiger partial charge in [-0.05, 0) is 11.6 Å². The third kappa shape index (κ3) is 5.58. The second kappa shape index (κ2) is 7.98. The molecule has 0 aliphatic carbocycles. The molecule has 0 amide bonds. The van der Waals surface area contributed by atoms with Crippen LogP contribution in [0.4, 0.5) is 0 Å². The topological polar surface area (TPSA) is 40.5 Å². The standard InChI is InChI=1S/C8H7Br.C2H6O2/c1-2-7-5-3-4-6-8(7)9;3-1-2-4/h2-6H,1H2;3-4H,1-2H2. The van der Waals surface area contributed by atoms with Gasteiger partial charge in [0.15, 0.2) is 0 Å². The van der Waals surface area contributed by atoms with Crippen molar-refractivity contribution >= 4 is 22.0 Å². The fourth-order valence-corrected chi connectivity index (χ4v) is 1.09. The van der Waals surface area contributed by atoms with Crippen molar-refractivity contribution in [1.29, 1.82) is 0 Å². The monoisotopic (exact) mass is 244 g/mol. The summed E-state index contributed by atoms with van der Waals surface area (Å²) < 4.78 is 1.10. The van der Waals surface area contributed by atoms with E-state index in [0.29, 0.717) is 0 Å². The van der Waals surface area contributed by atoms with Crippen LogP contribution in [0.25, 0.3) is 6.08 Å². The summed E-state index contributed by atoms with van der Waals surface area (Å²) in [6, 6.07) is 7.98. The molecule has 0 aliphatic rings. The van der Waals surface area contributed by atoms with Crippen LogP contribution in [0.5, 0.6) is 0 Å². The van der Waals surface area contributed by atoms with Gasteiger partial charge in [-0.2, -0.15) is 0 Å². The lowest BCUT2D eigenvalue weighted by Gasteiger charge is -1.93. The van der Waals surface area contributed by atoms with Crippen LogP contribution in [0.15, 0.2) is 35.3 Å². The van der Waals surface area contributed by atoms with E-state index in [-0.39, 0.29) is 13.2 Å². The quantitative estimate of drug-likeness (QED) is 0.837. The molecule has 0 aromatic heterocycles. The van der Waals surface area contributed by atoms with Crippen molar-refractivity contribution in [3.05, 3.63) is 40.9 Å². The highest BCUT2D eigenvalue weighted by Gasteiger charge is 1.88. The first-order valence-corrected chi connectivity index (χ1v) is 4.64. The Morgan fingerprint density at radius 3 is 2.08 bits per heavy atom. The molecular weight excluding hydrogens is 232 g/mol. The molecule has 0 saturated heterocycles. The Bertz CT molecular complexity index is 246. The van der Waals surface area contributed by atoms with Gasteiger partial charge in [-0.25, -0.2) is 0 Å². The van der Waals surface area contributed by atoms with E-state index in [2.05, 4.69) is 22.5 Å². The van der Waals surface area contributed by atoms with Crippen molar-refractivity contribution < 1.29 is 10.2 Å². The van der Waals surface area contributed by atoms with E-state index in [1.807, 2.05) is 30.3 Å². The lowest BCUT2D eigenvalue weighted by atomic mass is 10.2. The molecule has 0 bridgehead atoms. The minimum absolute atomic E-state index is 0.125. The first kappa shape index (κ1) is 12.4. The maximum atomic E-state index is 7.62. The predicted octanol–water partition coefficient (Wildman–Crippen LogP) is 2.06. The first-order valence-electron chi connectivity index (χ1n) is 3.85. The number of hydrogen-bond acceptors (Lipinski definition) is 2. The fourth-order valence-electron chi connectivity index (χ4n) is 0.641. The molecule has 3 heteroatoms. The third-order valence-electron chi connectivity index (χ3n) is 1.23. The lowest BCUT2D eigenvalue weighted by molar-refractivity contribution is 0.186. The lowest BCUT2D eigenvalue weighted by Crippen LogP contribution is -1.85. The molecule has 0 spiro atoms. The summed E-state index contributed by atoms with van der Waals surface area (Å²) in [4.78, 5) is 0. The van der Waals surface area contributed by atoms with E-state index < -0.39 is 0 Å². The highest BCUT2D eigenvalue weighted by Crippen LogP contribution is 2.15. The van der Waals surface area contributed by atoms with Crippen molar-refractivity contribution in [2.45, 2.75) is 0 Å². The van der Waals surface area contributed by atoms with E-state index in [1.54, 1.807) is 0 Å². The maximum absolute atomic E-state index is 7.62. The molecule has 2 nitrogen and oxygen atoms in total. The Balaban J connectivity index is 0.000000310. The molecule has 0 heterocycles. The molecule has 0 fully saturated rings. The number of aliphatic hydroxyl groups excluding tert-OH is 2. The molecule has 1 rings (SSSR count). The molecule has 1 aromatic rings. The van der Waals surface area contributed by atoms with Gasteiger partial charge in [0.2, 0.25) is 0 Å². The van der Waals surface area contributed by atoms with Gasteiger partial charge >= 0.3 is 0 Å². The summed E-state index contributed by atoms with van der Waals surface area (Å²) in [5.74, 6) is 0. The van der Waals surface area contributed by atoms with Gasteiger partial charge in [0.25, 0.3) is 0 Å². The zero-order valence-electron chi connectivity index (χ0n) is 7.28. The van der Waals surface area contributed by atoms with Gasteiger partial charge in [-0.15, -0.1) is 0 Å².